The van der Waals surface area contributed by atoms with E-state index in [0.29, 0.717) is 58.5 Å². The molecule has 0 radical (unpaired) electrons. The Kier molecular flexibility index (Phi) is 12.5. The van der Waals surface area contributed by atoms with Crippen molar-refractivity contribution in [1.82, 2.24) is 4.31 Å². The van der Waals surface area contributed by atoms with E-state index in [1.54, 1.807) is 54.6 Å². The fourth-order valence-corrected chi connectivity index (χ4v) is 7.89. The second-order valence-corrected chi connectivity index (χ2v) is 14.6. The summed E-state index contributed by atoms with van der Waals surface area (Å²) in [6.45, 7) is 2.53. The van der Waals surface area contributed by atoms with E-state index in [0.717, 1.165) is 24.0 Å². The van der Waals surface area contributed by atoms with Crippen LogP contribution in [0.25, 0.3) is 0 Å². The Bertz CT molecular complexity index is 1840. The number of aromatic carboxylic acids is 1. The van der Waals surface area contributed by atoms with Gasteiger partial charge in [-0.05, 0) is 111 Å². The minimum atomic E-state index is -1.30. The lowest BCUT2D eigenvalue weighted by Crippen LogP contribution is -2.42. The maximum Gasteiger partial charge on any atom is 0.335 e. The van der Waals surface area contributed by atoms with Gasteiger partial charge in [0.2, 0.25) is 4.90 Å². The molecule has 1 saturated carbocycles. The molecule has 1 fully saturated rings. The summed E-state index contributed by atoms with van der Waals surface area (Å²) >= 11 is 2.13. The molecule has 12 heteroatoms. The summed E-state index contributed by atoms with van der Waals surface area (Å²) in [5.74, 6) is -2.92. The highest BCUT2D eigenvalue weighted by molar-refractivity contribution is 9.10. The number of nitrogens with one attached hydrogen (secondary N) is 2. The third-order valence-corrected chi connectivity index (χ3v) is 11.1. The van der Waals surface area contributed by atoms with Gasteiger partial charge in [0.25, 0.3) is 23.2 Å². The van der Waals surface area contributed by atoms with Crippen LogP contribution in [-0.2, 0) is 29.0 Å². The number of nitrogens with zero attached hydrogens (tertiary/aromatic N) is 1. The van der Waals surface area contributed by atoms with E-state index in [2.05, 4.69) is 26.6 Å². The lowest BCUT2D eigenvalue weighted by molar-refractivity contribution is -0.143. The van der Waals surface area contributed by atoms with Crippen LogP contribution in [0.5, 0.6) is 0 Å². The SMILES string of the molecule is CCN(C1CCC(C(=O)O)CC1)[S+](O)c1cccc(C(=O)Nc2cc(Br)ccc2C(=O)Nc2ccc(CCc3ccc(C(=O)O)cc3)cc2)c1. The van der Waals surface area contributed by atoms with Crippen LogP contribution in [-0.4, -0.2) is 55.4 Å². The normalized spacial score (nSPS) is 16.4. The first-order valence-corrected chi connectivity index (χ1v) is 18.3. The summed E-state index contributed by atoms with van der Waals surface area (Å²) in [4.78, 5) is 50.0. The zero-order valence-corrected chi connectivity index (χ0v) is 29.9. The van der Waals surface area contributed by atoms with Crippen LogP contribution in [0.1, 0.15) is 74.8 Å². The van der Waals surface area contributed by atoms with Gasteiger partial charge in [-0.1, -0.05) is 50.6 Å². The molecule has 0 aromatic heterocycles. The lowest BCUT2D eigenvalue weighted by Gasteiger charge is -2.30. The van der Waals surface area contributed by atoms with Crippen LogP contribution in [0.2, 0.25) is 0 Å². The van der Waals surface area contributed by atoms with Gasteiger partial charge in [0.1, 0.15) is 0 Å². The Morgan fingerprint density at radius 1 is 0.780 bits per heavy atom. The zero-order chi connectivity index (χ0) is 35.8. The highest BCUT2D eigenvalue weighted by Crippen LogP contribution is 2.31. The fourth-order valence-electron chi connectivity index (χ4n) is 6.09. The maximum atomic E-state index is 13.5. The molecule has 1 unspecified atom stereocenters. The second-order valence-electron chi connectivity index (χ2n) is 12.2. The Balaban J connectivity index is 1.22. The van der Waals surface area contributed by atoms with Crippen LogP contribution >= 0.6 is 15.9 Å². The first kappa shape index (κ1) is 36.8. The summed E-state index contributed by atoms with van der Waals surface area (Å²) in [7, 11) is 0. The number of carboxylic acids is 2. The van der Waals surface area contributed by atoms with Crippen LogP contribution < -0.4 is 10.6 Å². The molecular formula is C38H39BrN3O7S+. The molecule has 5 rings (SSSR count). The standard InChI is InChI=1S/C38H38BrN3O7S/c1-2-42(31-19-14-27(15-20-31)38(47)48)50(49)32-5-3-4-28(22-32)35(43)41-34-23-29(39)16-21-33(34)36(44)40-30-17-10-25(11-18-30)7-6-24-8-12-26(13-9-24)37(45)46/h3-5,8-13,16-18,21-23,27,31,49H,2,6-7,14-15,19-20H2,1H3,(H3-,40,41,43,44,45,46,47,48)/p+1. The van der Waals surface area contributed by atoms with Crippen molar-refractivity contribution >= 4 is 62.4 Å². The van der Waals surface area contributed by atoms with E-state index in [1.165, 1.54) is 0 Å². The number of anilines is 2. The summed E-state index contributed by atoms with van der Waals surface area (Å²) in [5.41, 5.74) is 3.82. The quantitative estimate of drug-likeness (QED) is 0.0866. The van der Waals surface area contributed by atoms with Gasteiger partial charge in [-0.15, -0.1) is 0 Å². The second kappa shape index (κ2) is 16.9. The molecule has 4 aromatic rings. The van der Waals surface area contributed by atoms with Gasteiger partial charge in [-0.2, -0.15) is 4.55 Å². The zero-order valence-electron chi connectivity index (χ0n) is 27.5. The van der Waals surface area contributed by atoms with Crippen LogP contribution in [0.3, 0.4) is 0 Å². The summed E-state index contributed by atoms with van der Waals surface area (Å²) in [6, 6.07) is 26.1. The smallest absolute Gasteiger partial charge is 0.335 e. The molecule has 1 aliphatic rings. The van der Waals surface area contributed by atoms with Gasteiger partial charge in [-0.25, -0.2) is 4.79 Å². The van der Waals surface area contributed by atoms with E-state index in [9.17, 15) is 28.8 Å². The highest BCUT2D eigenvalue weighted by atomic mass is 79.9. The number of amides is 2. The molecule has 4 aromatic carbocycles. The lowest BCUT2D eigenvalue weighted by atomic mass is 9.86. The van der Waals surface area contributed by atoms with Crippen molar-refractivity contribution in [1.29, 1.82) is 0 Å². The van der Waals surface area contributed by atoms with Crippen LogP contribution in [0.15, 0.2) is 100 Å². The van der Waals surface area contributed by atoms with Crippen LogP contribution in [0.4, 0.5) is 11.4 Å². The molecule has 260 valence electrons. The van der Waals surface area contributed by atoms with Crippen molar-refractivity contribution in [3.05, 3.63) is 123 Å². The number of aliphatic carboxylic acids is 1. The van der Waals surface area contributed by atoms with Gasteiger partial charge in [0, 0.05) is 28.3 Å². The van der Waals surface area contributed by atoms with Gasteiger partial charge in [0.15, 0.2) is 0 Å². The molecule has 2 amide bonds. The predicted octanol–water partition coefficient (Wildman–Crippen LogP) is 7.77. The highest BCUT2D eigenvalue weighted by Gasteiger charge is 2.39. The Morgan fingerprint density at radius 3 is 2.02 bits per heavy atom. The van der Waals surface area contributed by atoms with Crippen molar-refractivity contribution in [2.75, 3.05) is 17.2 Å². The molecule has 1 aliphatic carbocycles. The summed E-state index contributed by atoms with van der Waals surface area (Å²) in [6.07, 6.45) is 3.98. The first-order valence-electron chi connectivity index (χ1n) is 16.4. The molecule has 0 aliphatic heterocycles. The van der Waals surface area contributed by atoms with E-state index in [1.807, 2.05) is 47.6 Å². The number of carbonyl (C=O) groups is 4. The predicted molar refractivity (Wildman–Crippen MR) is 198 cm³/mol. The number of carboxylic acid groups (broad SMARTS) is 2. The van der Waals surface area contributed by atoms with Gasteiger partial charge in [0.05, 0.1) is 28.8 Å². The number of rotatable bonds is 13. The number of halogens is 1. The summed E-state index contributed by atoms with van der Waals surface area (Å²) < 4.78 is 14.0. The third-order valence-electron chi connectivity index (χ3n) is 8.88. The monoisotopic (exact) mass is 760 g/mol. The third kappa shape index (κ3) is 9.39. The van der Waals surface area contributed by atoms with Crippen molar-refractivity contribution < 1.29 is 33.9 Å². The number of benzene rings is 4. The Morgan fingerprint density at radius 2 is 1.42 bits per heavy atom. The number of hydrogen-bond donors (Lipinski definition) is 5. The van der Waals surface area contributed by atoms with Crippen molar-refractivity contribution in [2.24, 2.45) is 5.92 Å². The van der Waals surface area contributed by atoms with Crippen molar-refractivity contribution in [3.63, 3.8) is 0 Å². The molecule has 0 spiro atoms. The van der Waals surface area contributed by atoms with E-state index in [4.69, 9.17) is 5.11 Å². The molecule has 0 saturated heterocycles. The average Bonchev–Trinajstić information content (AvgIpc) is 3.12. The number of carbonyl (C=O) groups excluding carboxylic acids is 2. The van der Waals surface area contributed by atoms with E-state index < -0.39 is 35.1 Å². The molecule has 50 heavy (non-hydrogen) atoms. The molecule has 1 atom stereocenters. The van der Waals surface area contributed by atoms with E-state index in [-0.39, 0.29) is 23.1 Å². The molecular weight excluding hydrogens is 722 g/mol. The van der Waals surface area contributed by atoms with Crippen molar-refractivity contribution in [2.45, 2.75) is 56.4 Å². The van der Waals surface area contributed by atoms with Gasteiger partial charge < -0.3 is 20.8 Å². The molecule has 5 N–H and O–H groups in total. The van der Waals surface area contributed by atoms with Crippen LogP contribution in [0, 0.1) is 5.92 Å². The summed E-state index contributed by atoms with van der Waals surface area (Å²) in [5, 5.41) is 24.2. The Labute approximate surface area is 302 Å². The molecule has 0 bridgehead atoms. The van der Waals surface area contributed by atoms with Gasteiger partial charge in [-0.3, -0.25) is 14.4 Å². The van der Waals surface area contributed by atoms with Crippen molar-refractivity contribution in [3.8, 4) is 0 Å². The van der Waals surface area contributed by atoms with E-state index >= 15 is 0 Å². The minimum Gasteiger partial charge on any atom is -0.481 e. The fraction of sp³-hybridized carbons (Fsp3) is 0.263. The molecule has 10 nitrogen and oxygen atoms in total. The molecule has 0 heterocycles. The first-order chi connectivity index (χ1) is 24.0. The largest absolute Gasteiger partial charge is 0.481 e. The topological polar surface area (TPSA) is 156 Å². The average molecular weight is 762 g/mol. The maximum absolute atomic E-state index is 13.5. The number of hydrogen-bond acceptors (Lipinski definition) is 6. The Hall–Kier alpha value is -4.49. The van der Waals surface area contributed by atoms with Gasteiger partial charge >= 0.3 is 11.9 Å². The minimum absolute atomic E-state index is 0.0466. The number of aryl methyl sites for hydroxylation is 2.